The monoisotopic (exact) mass is 479 g/mol. The Balaban J connectivity index is 1.56. The largest absolute Gasteiger partial charge is 0.350 e. The van der Waals surface area contributed by atoms with Crippen molar-refractivity contribution in [1.29, 1.82) is 0 Å². The first-order valence-electron chi connectivity index (χ1n) is 11.8. The summed E-state index contributed by atoms with van der Waals surface area (Å²) in [7, 11) is -0.372. The fourth-order valence-electron chi connectivity index (χ4n) is 5.29. The Morgan fingerprint density at radius 3 is 2.56 bits per heavy atom. The average Bonchev–Trinajstić information content (AvgIpc) is 3.29. The van der Waals surface area contributed by atoms with Crippen LogP contribution in [-0.4, -0.2) is 42.8 Å². The SMILES string of the molecule is CN(C1CCCCC1)S(=O)(=O)c1ccc2c(c1)c(=O)c(C(=O)N1CCc3ccccc31)cn2C. The van der Waals surface area contributed by atoms with Crippen LogP contribution in [0.2, 0.25) is 0 Å². The van der Waals surface area contributed by atoms with Crippen LogP contribution in [0.15, 0.2) is 58.4 Å². The Kier molecular flexibility index (Phi) is 5.81. The molecule has 5 rings (SSSR count). The summed E-state index contributed by atoms with van der Waals surface area (Å²) in [5.41, 5.74) is 2.08. The Labute approximate surface area is 199 Å². The van der Waals surface area contributed by atoms with Gasteiger partial charge in [0.15, 0.2) is 0 Å². The van der Waals surface area contributed by atoms with Crippen LogP contribution in [0, 0.1) is 0 Å². The normalized spacial score (nSPS) is 16.9. The Hall–Kier alpha value is -2.97. The van der Waals surface area contributed by atoms with Gasteiger partial charge < -0.3 is 9.47 Å². The first kappa shape index (κ1) is 22.8. The van der Waals surface area contributed by atoms with Gasteiger partial charge >= 0.3 is 0 Å². The number of carbonyl (C=O) groups excluding carboxylic acids is 1. The van der Waals surface area contributed by atoms with Crippen molar-refractivity contribution in [3.05, 3.63) is 70.0 Å². The summed E-state index contributed by atoms with van der Waals surface area (Å²) >= 11 is 0. The zero-order chi connectivity index (χ0) is 24.0. The summed E-state index contributed by atoms with van der Waals surface area (Å²) in [6.07, 6.45) is 7.17. The molecule has 1 amide bonds. The molecule has 1 fully saturated rings. The van der Waals surface area contributed by atoms with Gasteiger partial charge in [0.05, 0.1) is 10.4 Å². The molecule has 0 N–H and O–H groups in total. The summed E-state index contributed by atoms with van der Waals surface area (Å²) in [5.74, 6) is -0.361. The van der Waals surface area contributed by atoms with Crippen molar-refractivity contribution >= 4 is 32.5 Å². The lowest BCUT2D eigenvalue weighted by Gasteiger charge is -2.30. The predicted molar refractivity (Wildman–Crippen MR) is 133 cm³/mol. The number of nitrogens with zero attached hydrogens (tertiary/aromatic N) is 3. The third kappa shape index (κ3) is 3.75. The third-order valence-electron chi connectivity index (χ3n) is 7.29. The van der Waals surface area contributed by atoms with E-state index >= 15 is 0 Å². The van der Waals surface area contributed by atoms with Crippen LogP contribution >= 0.6 is 0 Å². The van der Waals surface area contributed by atoms with E-state index in [2.05, 4.69) is 0 Å². The Morgan fingerprint density at radius 1 is 1.06 bits per heavy atom. The van der Waals surface area contributed by atoms with Crippen molar-refractivity contribution in [1.82, 2.24) is 8.87 Å². The number of rotatable bonds is 4. The van der Waals surface area contributed by atoms with E-state index in [1.54, 1.807) is 41.9 Å². The minimum atomic E-state index is -3.76. The molecular formula is C26H29N3O4S. The molecule has 0 spiro atoms. The summed E-state index contributed by atoms with van der Waals surface area (Å²) in [4.78, 5) is 28.6. The molecule has 1 aliphatic heterocycles. The topological polar surface area (TPSA) is 79.7 Å². The maximum Gasteiger partial charge on any atom is 0.263 e. The summed E-state index contributed by atoms with van der Waals surface area (Å²) < 4.78 is 29.9. The molecule has 0 radical (unpaired) electrons. The van der Waals surface area contributed by atoms with Crippen molar-refractivity contribution in [2.24, 2.45) is 7.05 Å². The maximum atomic E-state index is 13.5. The van der Waals surface area contributed by atoms with Gasteiger partial charge in [0.25, 0.3) is 5.91 Å². The van der Waals surface area contributed by atoms with Crippen LogP contribution in [0.4, 0.5) is 5.69 Å². The molecule has 178 valence electrons. The predicted octanol–water partition coefficient (Wildman–Crippen LogP) is 3.69. The molecule has 3 aromatic rings. The van der Waals surface area contributed by atoms with Gasteiger partial charge in [-0.1, -0.05) is 37.5 Å². The van der Waals surface area contributed by atoms with Gasteiger partial charge in [0, 0.05) is 44.0 Å². The lowest BCUT2D eigenvalue weighted by Crippen LogP contribution is -2.38. The van der Waals surface area contributed by atoms with Crippen molar-refractivity contribution in [2.45, 2.75) is 49.5 Å². The lowest BCUT2D eigenvalue weighted by atomic mass is 9.96. The molecule has 8 heteroatoms. The minimum absolute atomic E-state index is 0.0274. The highest BCUT2D eigenvalue weighted by Gasteiger charge is 2.31. The number of anilines is 1. The minimum Gasteiger partial charge on any atom is -0.350 e. The summed E-state index contributed by atoms with van der Waals surface area (Å²) in [6, 6.07) is 12.3. The number of amides is 1. The second-order valence-corrected chi connectivity index (χ2v) is 11.3. The van der Waals surface area contributed by atoms with E-state index in [0.29, 0.717) is 12.1 Å². The third-order valence-corrected chi connectivity index (χ3v) is 9.19. The molecule has 0 bridgehead atoms. The maximum absolute atomic E-state index is 13.5. The first-order valence-corrected chi connectivity index (χ1v) is 13.2. The van der Waals surface area contributed by atoms with Gasteiger partial charge in [-0.05, 0) is 49.1 Å². The highest BCUT2D eigenvalue weighted by molar-refractivity contribution is 7.89. The highest BCUT2D eigenvalue weighted by Crippen LogP contribution is 2.30. The lowest BCUT2D eigenvalue weighted by molar-refractivity contribution is 0.0988. The first-order chi connectivity index (χ1) is 16.3. The van der Waals surface area contributed by atoms with E-state index in [-0.39, 0.29) is 27.8 Å². The molecule has 1 saturated carbocycles. The van der Waals surface area contributed by atoms with Crippen LogP contribution in [-0.2, 0) is 23.5 Å². The number of aromatic nitrogens is 1. The number of fused-ring (bicyclic) bond motifs is 2. The number of sulfonamides is 1. The van der Waals surface area contributed by atoms with Gasteiger partial charge in [-0.25, -0.2) is 8.42 Å². The van der Waals surface area contributed by atoms with Crippen LogP contribution in [0.25, 0.3) is 10.9 Å². The second kappa shape index (κ2) is 8.67. The molecule has 7 nitrogen and oxygen atoms in total. The highest BCUT2D eigenvalue weighted by atomic mass is 32.2. The fourth-order valence-corrected chi connectivity index (χ4v) is 6.73. The standard InChI is InChI=1S/C26H29N3O4S/c1-27-17-22(26(31)29-15-14-18-8-6-7-11-23(18)29)25(30)21-16-20(12-13-24(21)27)34(32,33)28(2)19-9-4-3-5-10-19/h6-8,11-13,16-17,19H,3-5,9-10,14-15H2,1-2H3. The van der Waals surface area contributed by atoms with E-state index in [1.807, 2.05) is 24.3 Å². The zero-order valence-electron chi connectivity index (χ0n) is 19.5. The van der Waals surface area contributed by atoms with Crippen molar-refractivity contribution < 1.29 is 13.2 Å². The molecule has 0 unspecified atom stereocenters. The summed E-state index contributed by atoms with van der Waals surface area (Å²) in [5, 5.41) is 0.235. The van der Waals surface area contributed by atoms with Crippen LogP contribution in [0.5, 0.6) is 0 Å². The van der Waals surface area contributed by atoms with Gasteiger partial charge in [-0.15, -0.1) is 0 Å². The Bertz CT molecular complexity index is 1440. The van der Waals surface area contributed by atoms with Gasteiger partial charge in [0.1, 0.15) is 5.56 Å². The zero-order valence-corrected chi connectivity index (χ0v) is 20.3. The van der Waals surface area contributed by atoms with Crippen molar-refractivity contribution in [3.8, 4) is 0 Å². The second-order valence-electron chi connectivity index (χ2n) is 9.31. The number of hydrogen-bond donors (Lipinski definition) is 0. The number of hydrogen-bond acceptors (Lipinski definition) is 4. The van der Waals surface area contributed by atoms with Gasteiger partial charge in [-0.2, -0.15) is 4.31 Å². The number of benzene rings is 2. The molecule has 0 saturated heterocycles. The van der Waals surface area contributed by atoms with Crippen molar-refractivity contribution in [2.75, 3.05) is 18.5 Å². The fraction of sp³-hybridized carbons (Fsp3) is 0.385. The smallest absolute Gasteiger partial charge is 0.263 e. The number of carbonyl (C=O) groups is 1. The molecule has 1 aromatic heterocycles. The molecule has 1 aliphatic carbocycles. The van der Waals surface area contributed by atoms with E-state index in [0.717, 1.165) is 49.8 Å². The molecule has 2 aliphatic rings. The quantitative estimate of drug-likeness (QED) is 0.572. The number of pyridine rings is 1. The average molecular weight is 480 g/mol. The van der Waals surface area contributed by atoms with Crippen LogP contribution in [0.3, 0.4) is 0 Å². The Morgan fingerprint density at radius 2 is 1.79 bits per heavy atom. The van der Waals surface area contributed by atoms with Gasteiger partial charge in [-0.3, -0.25) is 9.59 Å². The molecule has 34 heavy (non-hydrogen) atoms. The van der Waals surface area contributed by atoms with Gasteiger partial charge in [0.2, 0.25) is 15.5 Å². The number of aryl methyl sites for hydroxylation is 1. The van der Waals surface area contributed by atoms with E-state index in [1.165, 1.54) is 10.4 Å². The molecule has 2 aromatic carbocycles. The number of para-hydroxylation sites is 1. The van der Waals surface area contributed by atoms with Crippen molar-refractivity contribution in [3.63, 3.8) is 0 Å². The van der Waals surface area contributed by atoms with Crippen LogP contribution in [0.1, 0.15) is 48.0 Å². The van der Waals surface area contributed by atoms with Crippen LogP contribution < -0.4 is 10.3 Å². The van der Waals surface area contributed by atoms with E-state index in [9.17, 15) is 18.0 Å². The molecule has 2 heterocycles. The van der Waals surface area contributed by atoms with E-state index < -0.39 is 15.5 Å². The summed E-state index contributed by atoms with van der Waals surface area (Å²) in [6.45, 7) is 0.514. The molecule has 0 atom stereocenters. The molecular weight excluding hydrogens is 450 g/mol. The van der Waals surface area contributed by atoms with E-state index in [4.69, 9.17) is 0 Å².